The van der Waals surface area contributed by atoms with Crippen molar-refractivity contribution in [2.24, 2.45) is 0 Å². The minimum atomic E-state index is -0.313. The summed E-state index contributed by atoms with van der Waals surface area (Å²) in [5, 5.41) is 12.0. The van der Waals surface area contributed by atoms with Gasteiger partial charge in [-0.05, 0) is 42.3 Å². The van der Waals surface area contributed by atoms with E-state index >= 15 is 0 Å². The van der Waals surface area contributed by atoms with Gasteiger partial charge in [0.25, 0.3) is 5.91 Å². The summed E-state index contributed by atoms with van der Waals surface area (Å²) >= 11 is 6.02. The first-order valence-electron chi connectivity index (χ1n) is 9.37. The van der Waals surface area contributed by atoms with E-state index in [2.05, 4.69) is 15.5 Å². The van der Waals surface area contributed by atoms with Crippen molar-refractivity contribution in [3.8, 4) is 5.75 Å². The quantitative estimate of drug-likeness (QED) is 0.480. The summed E-state index contributed by atoms with van der Waals surface area (Å²) in [6.07, 6.45) is 5.06. The highest BCUT2D eigenvalue weighted by Gasteiger charge is 2.11. The lowest BCUT2D eigenvalue weighted by atomic mass is 10.2. The first-order valence-corrected chi connectivity index (χ1v) is 9.75. The topological polar surface area (TPSA) is 74.0 Å². The second-order valence-electron chi connectivity index (χ2n) is 6.79. The maximum Gasteiger partial charge on any atom is 0.276 e. The minimum absolute atomic E-state index is 0.218. The van der Waals surface area contributed by atoms with Gasteiger partial charge < -0.3 is 10.1 Å². The summed E-state index contributed by atoms with van der Waals surface area (Å²) in [5.41, 5.74) is 2.95. The maximum atomic E-state index is 12.5. The van der Waals surface area contributed by atoms with Gasteiger partial charge in [0, 0.05) is 17.4 Å². The van der Waals surface area contributed by atoms with Crippen LogP contribution in [0.5, 0.6) is 5.75 Å². The van der Waals surface area contributed by atoms with Gasteiger partial charge in [0.1, 0.15) is 5.75 Å². The third-order valence-electron chi connectivity index (χ3n) is 4.44. The molecule has 4 rings (SSSR count). The Morgan fingerprint density at radius 2 is 2.00 bits per heavy atom. The number of aryl methyl sites for hydroxylation is 1. The number of hydrogen-bond donors (Lipinski definition) is 1. The summed E-state index contributed by atoms with van der Waals surface area (Å²) < 4.78 is 9.05. The van der Waals surface area contributed by atoms with Gasteiger partial charge in [0.2, 0.25) is 0 Å². The van der Waals surface area contributed by atoms with Crippen LogP contribution in [0.25, 0.3) is 0 Å². The average molecular weight is 422 g/mol. The lowest BCUT2D eigenvalue weighted by molar-refractivity contribution is 0.102. The largest absolute Gasteiger partial charge is 0.471 e. The molecule has 0 aliphatic rings. The molecule has 0 fully saturated rings. The molecule has 0 spiro atoms. The van der Waals surface area contributed by atoms with E-state index in [1.165, 1.54) is 0 Å². The second-order valence-corrected chi connectivity index (χ2v) is 7.23. The standard InChI is InChI=1S/C22H20ClN5O2/c1-16-5-2-3-8-21(16)30-15-27-10-9-20(26-27)22(29)25-19-12-24-28(14-19)13-17-6-4-7-18(23)11-17/h2-12,14H,13,15H2,1H3,(H,25,29). The van der Waals surface area contributed by atoms with Crippen LogP contribution in [0.4, 0.5) is 5.69 Å². The van der Waals surface area contributed by atoms with Gasteiger partial charge in [-0.1, -0.05) is 41.9 Å². The van der Waals surface area contributed by atoms with Gasteiger partial charge in [-0.15, -0.1) is 0 Å². The van der Waals surface area contributed by atoms with E-state index in [4.69, 9.17) is 16.3 Å². The van der Waals surface area contributed by atoms with Crippen LogP contribution in [0.2, 0.25) is 5.02 Å². The Kier molecular flexibility index (Phi) is 5.81. The molecule has 1 N–H and O–H groups in total. The fourth-order valence-corrected chi connectivity index (χ4v) is 3.15. The van der Waals surface area contributed by atoms with Crippen molar-refractivity contribution in [1.29, 1.82) is 0 Å². The molecule has 0 aliphatic heterocycles. The highest BCUT2D eigenvalue weighted by atomic mass is 35.5. The fraction of sp³-hybridized carbons (Fsp3) is 0.136. The van der Waals surface area contributed by atoms with Crippen LogP contribution >= 0.6 is 11.6 Å². The van der Waals surface area contributed by atoms with Gasteiger partial charge in [0.05, 0.1) is 18.4 Å². The van der Waals surface area contributed by atoms with Gasteiger partial charge in [-0.3, -0.25) is 9.48 Å². The van der Waals surface area contributed by atoms with Crippen molar-refractivity contribution in [3.05, 3.63) is 95.0 Å². The number of para-hydroxylation sites is 1. The van der Waals surface area contributed by atoms with Gasteiger partial charge in [-0.2, -0.15) is 10.2 Å². The molecular weight excluding hydrogens is 402 g/mol. The van der Waals surface area contributed by atoms with Crippen molar-refractivity contribution in [3.63, 3.8) is 0 Å². The lowest BCUT2D eigenvalue weighted by Gasteiger charge is -2.08. The van der Waals surface area contributed by atoms with Crippen LogP contribution in [-0.2, 0) is 13.3 Å². The van der Waals surface area contributed by atoms with Gasteiger partial charge in [0.15, 0.2) is 12.4 Å². The molecule has 8 heteroatoms. The summed E-state index contributed by atoms with van der Waals surface area (Å²) in [6, 6.07) is 17.0. The summed E-state index contributed by atoms with van der Waals surface area (Å²) in [7, 11) is 0. The van der Waals surface area contributed by atoms with E-state index in [0.717, 1.165) is 16.9 Å². The summed E-state index contributed by atoms with van der Waals surface area (Å²) in [5.74, 6) is 0.470. The number of ether oxygens (including phenoxy) is 1. The lowest BCUT2D eigenvalue weighted by Crippen LogP contribution is -2.14. The molecule has 1 amide bonds. The molecule has 7 nitrogen and oxygen atoms in total. The Morgan fingerprint density at radius 1 is 1.13 bits per heavy atom. The van der Waals surface area contributed by atoms with Crippen molar-refractivity contribution in [1.82, 2.24) is 19.6 Å². The number of halogens is 1. The Bertz CT molecular complexity index is 1170. The Morgan fingerprint density at radius 3 is 2.83 bits per heavy atom. The molecule has 152 valence electrons. The van der Waals surface area contributed by atoms with Crippen LogP contribution in [0.15, 0.2) is 73.2 Å². The van der Waals surface area contributed by atoms with Crippen molar-refractivity contribution in [2.75, 3.05) is 5.32 Å². The number of carbonyl (C=O) groups is 1. The summed E-state index contributed by atoms with van der Waals surface area (Å²) in [6.45, 7) is 2.75. The molecular formula is C22H20ClN5O2. The van der Waals surface area contributed by atoms with Crippen LogP contribution in [0.1, 0.15) is 21.6 Å². The Hall–Kier alpha value is -3.58. The van der Waals surface area contributed by atoms with Crippen molar-refractivity contribution >= 4 is 23.2 Å². The molecule has 0 unspecified atom stereocenters. The van der Waals surface area contributed by atoms with Crippen LogP contribution in [0, 0.1) is 6.92 Å². The highest BCUT2D eigenvalue weighted by molar-refractivity contribution is 6.30. The van der Waals surface area contributed by atoms with E-state index in [0.29, 0.717) is 22.9 Å². The number of nitrogens with zero attached hydrogens (tertiary/aromatic N) is 4. The zero-order valence-electron chi connectivity index (χ0n) is 16.3. The zero-order chi connectivity index (χ0) is 20.9. The first kappa shape index (κ1) is 19.7. The number of rotatable bonds is 7. The van der Waals surface area contributed by atoms with Crippen LogP contribution in [0.3, 0.4) is 0 Å². The number of nitrogens with one attached hydrogen (secondary N) is 1. The highest BCUT2D eigenvalue weighted by Crippen LogP contribution is 2.17. The van der Waals surface area contributed by atoms with E-state index in [9.17, 15) is 4.79 Å². The smallest absolute Gasteiger partial charge is 0.276 e. The molecule has 0 radical (unpaired) electrons. The van der Waals surface area contributed by atoms with Gasteiger partial charge >= 0.3 is 0 Å². The number of amides is 1. The molecule has 2 aromatic heterocycles. The monoisotopic (exact) mass is 421 g/mol. The van der Waals surface area contributed by atoms with E-state index < -0.39 is 0 Å². The van der Waals surface area contributed by atoms with Crippen molar-refractivity contribution < 1.29 is 9.53 Å². The third kappa shape index (κ3) is 4.87. The van der Waals surface area contributed by atoms with Crippen molar-refractivity contribution in [2.45, 2.75) is 20.2 Å². The average Bonchev–Trinajstić information content (AvgIpc) is 3.37. The third-order valence-corrected chi connectivity index (χ3v) is 4.68. The molecule has 0 bridgehead atoms. The summed E-state index contributed by atoms with van der Waals surface area (Å²) in [4.78, 5) is 12.5. The molecule has 0 aliphatic carbocycles. The molecule has 0 atom stereocenters. The Labute approximate surface area is 178 Å². The van der Waals surface area contributed by atoms with E-state index in [-0.39, 0.29) is 12.6 Å². The normalized spacial score (nSPS) is 10.7. The molecule has 2 aromatic carbocycles. The SMILES string of the molecule is Cc1ccccc1OCn1ccc(C(=O)Nc2cnn(Cc3cccc(Cl)c3)c2)n1. The first-order chi connectivity index (χ1) is 14.6. The van der Waals surface area contributed by atoms with Gasteiger partial charge in [-0.25, -0.2) is 4.68 Å². The predicted molar refractivity (Wildman–Crippen MR) is 115 cm³/mol. The number of hydrogen-bond acceptors (Lipinski definition) is 4. The minimum Gasteiger partial charge on any atom is -0.471 e. The number of aromatic nitrogens is 4. The predicted octanol–water partition coefficient (Wildman–Crippen LogP) is 4.38. The number of anilines is 1. The second kappa shape index (κ2) is 8.84. The van der Waals surface area contributed by atoms with Crippen LogP contribution in [-0.4, -0.2) is 25.5 Å². The molecule has 0 saturated heterocycles. The van der Waals surface area contributed by atoms with E-state index in [1.807, 2.05) is 55.5 Å². The molecule has 4 aromatic rings. The zero-order valence-corrected chi connectivity index (χ0v) is 17.1. The van der Waals surface area contributed by atoms with E-state index in [1.54, 1.807) is 34.0 Å². The molecule has 0 saturated carbocycles. The molecule has 30 heavy (non-hydrogen) atoms. The molecule has 2 heterocycles. The fourth-order valence-electron chi connectivity index (χ4n) is 2.94. The number of benzene rings is 2. The maximum absolute atomic E-state index is 12.5. The van der Waals surface area contributed by atoms with Crippen LogP contribution < -0.4 is 10.1 Å². The number of carbonyl (C=O) groups excluding carboxylic acids is 1. The Balaban J connectivity index is 1.34.